The molecule has 0 aliphatic carbocycles. The van der Waals surface area contributed by atoms with E-state index >= 15 is 0 Å². The monoisotopic (exact) mass is 523 g/mol. The Morgan fingerprint density at radius 2 is 1.23 bits per heavy atom. The van der Waals surface area contributed by atoms with Gasteiger partial charge in [0.05, 0.1) is 29.0 Å². The molecular weight excluding hydrogens is 490 g/mol. The average molecular weight is 524 g/mol. The quantitative estimate of drug-likeness (QED) is 0.222. The van der Waals surface area contributed by atoms with Crippen molar-refractivity contribution in [3.8, 4) is 5.75 Å². The zero-order valence-corrected chi connectivity index (χ0v) is 22.9. The summed E-state index contributed by atoms with van der Waals surface area (Å²) in [6.45, 7) is 5.13. The van der Waals surface area contributed by atoms with Crippen LogP contribution in [0.4, 0.5) is 5.69 Å². The molecule has 1 aliphatic heterocycles. The normalized spacial score (nSPS) is 13.6. The van der Waals surface area contributed by atoms with Gasteiger partial charge in [-0.2, -0.15) is 0 Å². The van der Waals surface area contributed by atoms with Gasteiger partial charge in [0.25, 0.3) is 0 Å². The van der Waals surface area contributed by atoms with Crippen molar-refractivity contribution in [2.75, 3.05) is 11.6 Å². The van der Waals surface area contributed by atoms with Gasteiger partial charge in [0.2, 0.25) is 0 Å². The molecule has 0 radical (unpaired) electrons. The van der Waals surface area contributed by atoms with E-state index in [0.29, 0.717) is 6.67 Å². The van der Waals surface area contributed by atoms with Gasteiger partial charge >= 0.3 is 0 Å². The number of phenols is 1. The Balaban J connectivity index is 1.48. The van der Waals surface area contributed by atoms with Crippen LogP contribution in [-0.4, -0.2) is 21.7 Å². The third-order valence-electron chi connectivity index (χ3n) is 8.11. The lowest BCUT2D eigenvalue weighted by molar-refractivity contribution is 0.201. The molecule has 0 spiro atoms. The molecule has 4 aromatic carbocycles. The van der Waals surface area contributed by atoms with E-state index in [1.54, 1.807) is 6.07 Å². The Bertz CT molecular complexity index is 1520. The Hall–Kier alpha value is -4.83. The van der Waals surface area contributed by atoms with Crippen LogP contribution in [0.2, 0.25) is 0 Å². The first-order chi connectivity index (χ1) is 19.5. The topological polar surface area (TPSA) is 39.6 Å². The highest BCUT2D eigenvalue weighted by Crippen LogP contribution is 2.45. The summed E-state index contributed by atoms with van der Waals surface area (Å²) in [5, 5.41) is 10.4. The van der Waals surface area contributed by atoms with E-state index in [1.165, 1.54) is 16.7 Å². The SMILES string of the molecule is CC(C)(c1cccc(C(c2ccccc2)(c2ccccc2)c2ccccn2)c1)N1C=CN(c2ccccc2O)C1. The van der Waals surface area contributed by atoms with Crippen molar-refractivity contribution in [1.82, 2.24) is 9.88 Å². The molecular formula is C36H33N3O. The smallest absolute Gasteiger partial charge is 0.139 e. The summed E-state index contributed by atoms with van der Waals surface area (Å²) in [6.07, 6.45) is 6.03. The first kappa shape index (κ1) is 25.4. The molecule has 0 amide bonds. The lowest BCUT2D eigenvalue weighted by atomic mass is 9.66. The van der Waals surface area contributed by atoms with E-state index in [-0.39, 0.29) is 11.3 Å². The van der Waals surface area contributed by atoms with Crippen LogP contribution in [-0.2, 0) is 11.0 Å². The summed E-state index contributed by atoms with van der Waals surface area (Å²) >= 11 is 0. The number of nitrogens with zero attached hydrogens (tertiary/aromatic N) is 3. The third-order valence-corrected chi connectivity index (χ3v) is 8.11. The van der Waals surface area contributed by atoms with E-state index in [4.69, 9.17) is 4.98 Å². The minimum absolute atomic E-state index is 0.277. The number of aromatic nitrogens is 1. The van der Waals surface area contributed by atoms with Crippen molar-refractivity contribution < 1.29 is 5.11 Å². The molecule has 40 heavy (non-hydrogen) atoms. The number of rotatable bonds is 7. The summed E-state index contributed by atoms with van der Waals surface area (Å²) in [5.41, 5.74) is 5.55. The predicted octanol–water partition coefficient (Wildman–Crippen LogP) is 7.66. The first-order valence-electron chi connectivity index (χ1n) is 13.6. The van der Waals surface area contributed by atoms with E-state index in [0.717, 1.165) is 16.9 Å². The van der Waals surface area contributed by atoms with Crippen LogP contribution in [0, 0.1) is 0 Å². The average Bonchev–Trinajstić information content (AvgIpc) is 3.51. The van der Waals surface area contributed by atoms with Crippen molar-refractivity contribution in [3.63, 3.8) is 0 Å². The van der Waals surface area contributed by atoms with E-state index in [2.05, 4.69) is 127 Å². The van der Waals surface area contributed by atoms with Crippen LogP contribution in [0.5, 0.6) is 5.75 Å². The fourth-order valence-electron chi connectivity index (χ4n) is 5.85. The molecule has 1 aliphatic rings. The Labute approximate surface area is 236 Å². The molecule has 5 aromatic rings. The highest BCUT2D eigenvalue weighted by atomic mass is 16.3. The molecule has 4 nitrogen and oxygen atoms in total. The highest BCUT2D eigenvalue weighted by molar-refractivity contribution is 5.61. The van der Waals surface area contributed by atoms with Crippen molar-refractivity contribution in [3.05, 3.63) is 174 Å². The van der Waals surface area contributed by atoms with Gasteiger partial charge in [-0.05, 0) is 60.4 Å². The summed E-state index contributed by atoms with van der Waals surface area (Å²) in [4.78, 5) is 9.34. The van der Waals surface area contributed by atoms with Crippen molar-refractivity contribution in [1.29, 1.82) is 0 Å². The number of anilines is 1. The van der Waals surface area contributed by atoms with Gasteiger partial charge in [0.1, 0.15) is 5.75 Å². The van der Waals surface area contributed by atoms with Gasteiger partial charge in [-0.15, -0.1) is 0 Å². The van der Waals surface area contributed by atoms with Crippen molar-refractivity contribution >= 4 is 5.69 Å². The fourth-order valence-corrected chi connectivity index (χ4v) is 5.85. The van der Waals surface area contributed by atoms with Crippen LogP contribution < -0.4 is 4.90 Å². The van der Waals surface area contributed by atoms with Crippen LogP contribution in [0.15, 0.2) is 146 Å². The Morgan fingerprint density at radius 1 is 0.625 bits per heavy atom. The second-order valence-corrected chi connectivity index (χ2v) is 10.7. The van der Waals surface area contributed by atoms with Crippen molar-refractivity contribution in [2.24, 2.45) is 0 Å². The van der Waals surface area contributed by atoms with Gasteiger partial charge in [0.15, 0.2) is 0 Å². The number of pyridine rings is 1. The number of para-hydroxylation sites is 2. The molecule has 6 rings (SSSR count). The molecule has 0 fully saturated rings. The molecule has 0 atom stereocenters. The largest absolute Gasteiger partial charge is 0.506 e. The summed E-state index contributed by atoms with van der Waals surface area (Å²) in [5.74, 6) is 0.277. The number of benzene rings is 4. The van der Waals surface area contributed by atoms with Crippen molar-refractivity contribution in [2.45, 2.75) is 24.8 Å². The highest BCUT2D eigenvalue weighted by Gasteiger charge is 2.41. The lowest BCUT2D eigenvalue weighted by Crippen LogP contribution is -2.40. The molecule has 4 heteroatoms. The van der Waals surface area contributed by atoms with Gasteiger partial charge < -0.3 is 14.9 Å². The number of aromatic hydroxyl groups is 1. The van der Waals surface area contributed by atoms with E-state index < -0.39 is 5.41 Å². The maximum absolute atomic E-state index is 10.4. The molecule has 1 aromatic heterocycles. The zero-order chi connectivity index (χ0) is 27.6. The third kappa shape index (κ3) is 4.32. The first-order valence-corrected chi connectivity index (χ1v) is 13.6. The van der Waals surface area contributed by atoms with Crippen LogP contribution in [0.25, 0.3) is 0 Å². The fraction of sp³-hybridized carbons (Fsp3) is 0.139. The van der Waals surface area contributed by atoms with E-state index in [9.17, 15) is 5.11 Å². The number of hydrogen-bond acceptors (Lipinski definition) is 4. The van der Waals surface area contributed by atoms with Crippen LogP contribution in [0.3, 0.4) is 0 Å². The second-order valence-electron chi connectivity index (χ2n) is 10.7. The lowest BCUT2D eigenvalue weighted by Gasteiger charge is -2.39. The molecule has 2 heterocycles. The summed E-state index contributed by atoms with van der Waals surface area (Å²) < 4.78 is 0. The maximum Gasteiger partial charge on any atom is 0.139 e. The summed E-state index contributed by atoms with van der Waals surface area (Å²) in [6, 6.07) is 43.9. The predicted molar refractivity (Wildman–Crippen MR) is 162 cm³/mol. The minimum atomic E-state index is -0.599. The maximum atomic E-state index is 10.4. The van der Waals surface area contributed by atoms with Gasteiger partial charge in [-0.3, -0.25) is 4.98 Å². The molecule has 1 N–H and O–H groups in total. The second kappa shape index (κ2) is 10.4. The minimum Gasteiger partial charge on any atom is -0.506 e. The Morgan fingerprint density at radius 3 is 1.88 bits per heavy atom. The standard InChI is InChI=1S/C36H33N3O/c1-35(2,39-25-24-38(27-39)32-20-9-10-21-33(32)40)30-18-13-19-31(26-30)36(28-14-5-3-6-15-28,29-16-7-4-8-17-29)34-22-11-12-23-37-34/h3-26,40H,27H2,1-2H3. The van der Waals surface area contributed by atoms with Crippen LogP contribution >= 0.6 is 0 Å². The van der Waals surface area contributed by atoms with Gasteiger partial charge in [-0.25, -0.2) is 0 Å². The van der Waals surface area contributed by atoms with Gasteiger partial charge in [0, 0.05) is 18.6 Å². The molecule has 0 saturated carbocycles. The number of phenolic OH excluding ortho intramolecular Hbond substituents is 1. The van der Waals surface area contributed by atoms with Gasteiger partial charge in [-0.1, -0.05) is 103 Å². The molecule has 0 bridgehead atoms. The van der Waals surface area contributed by atoms with E-state index in [1.807, 2.05) is 36.7 Å². The molecule has 198 valence electrons. The summed E-state index contributed by atoms with van der Waals surface area (Å²) in [7, 11) is 0. The number of hydrogen-bond donors (Lipinski definition) is 1. The Kier molecular flexibility index (Phi) is 6.61. The molecule has 0 unspecified atom stereocenters. The zero-order valence-electron chi connectivity index (χ0n) is 22.9. The molecule has 0 saturated heterocycles. The van der Waals surface area contributed by atoms with Crippen LogP contribution in [0.1, 0.15) is 41.8 Å².